The van der Waals surface area contributed by atoms with Crippen LogP contribution in [-0.4, -0.2) is 28.5 Å². The molecular weight excluding hydrogens is 308 g/mol. The van der Waals surface area contributed by atoms with Gasteiger partial charge in [0.05, 0.1) is 5.25 Å². The van der Waals surface area contributed by atoms with Crippen LogP contribution in [0.15, 0.2) is 17.3 Å². The molecule has 0 spiro atoms. The number of aryl methyl sites for hydroxylation is 1. The van der Waals surface area contributed by atoms with Gasteiger partial charge in [0.25, 0.3) is 0 Å². The number of amides is 1. The third kappa shape index (κ3) is 4.34. The normalized spacial score (nSPS) is 21.8. The first kappa shape index (κ1) is 16.5. The molecule has 1 aromatic heterocycles. The molecule has 0 bridgehead atoms. The lowest BCUT2D eigenvalue weighted by molar-refractivity contribution is -0.125. The van der Waals surface area contributed by atoms with Gasteiger partial charge in [-0.1, -0.05) is 37.1 Å². The van der Waals surface area contributed by atoms with Crippen LogP contribution in [0, 0.1) is 12.8 Å². The second-order valence-corrected chi connectivity index (χ2v) is 7.93. The molecule has 1 fully saturated rings. The largest absolute Gasteiger partial charge is 0.356 e. The predicted octanol–water partition coefficient (Wildman–Crippen LogP) is 3.06. The molecule has 1 aliphatic carbocycles. The average molecular weight is 332 g/mol. The summed E-state index contributed by atoms with van der Waals surface area (Å²) in [7, 11) is 0. The van der Waals surface area contributed by atoms with Gasteiger partial charge in [-0.2, -0.15) is 0 Å². The minimum atomic E-state index is -0.288. The number of hydrogen-bond donors (Lipinski definition) is 1. The second kappa shape index (κ2) is 7.47. The summed E-state index contributed by atoms with van der Waals surface area (Å²) >= 11 is 1.44. The smallest absolute Gasteiger partial charge is 0.221 e. The van der Waals surface area contributed by atoms with Crippen molar-refractivity contribution in [3.05, 3.63) is 23.4 Å². The molecule has 5 heteroatoms. The van der Waals surface area contributed by atoms with E-state index in [4.69, 9.17) is 0 Å². The van der Waals surface area contributed by atoms with Crippen molar-refractivity contribution in [3.8, 4) is 0 Å². The minimum absolute atomic E-state index is 0.00279. The molecule has 1 amide bonds. The Balaban J connectivity index is 1.52. The van der Waals surface area contributed by atoms with E-state index in [1.807, 2.05) is 19.2 Å². The fourth-order valence-corrected chi connectivity index (χ4v) is 4.51. The highest BCUT2D eigenvalue weighted by Crippen LogP contribution is 2.33. The summed E-state index contributed by atoms with van der Waals surface area (Å²) in [4.78, 5) is 28.9. The Hall–Kier alpha value is -1.36. The van der Waals surface area contributed by atoms with Gasteiger partial charge in [-0.05, 0) is 36.8 Å². The van der Waals surface area contributed by atoms with Gasteiger partial charge < -0.3 is 5.32 Å². The van der Waals surface area contributed by atoms with Crippen LogP contribution in [0.1, 0.15) is 49.7 Å². The van der Waals surface area contributed by atoms with E-state index in [2.05, 4.69) is 10.3 Å². The van der Waals surface area contributed by atoms with Crippen LogP contribution in [0.25, 0.3) is 0 Å². The van der Waals surface area contributed by atoms with Gasteiger partial charge in [0.15, 0.2) is 5.78 Å². The summed E-state index contributed by atoms with van der Waals surface area (Å²) in [5, 5.41) is 3.64. The summed E-state index contributed by atoms with van der Waals surface area (Å²) < 4.78 is 0. The van der Waals surface area contributed by atoms with E-state index < -0.39 is 0 Å². The van der Waals surface area contributed by atoms with E-state index in [-0.39, 0.29) is 23.4 Å². The van der Waals surface area contributed by atoms with Crippen LogP contribution >= 0.6 is 11.8 Å². The van der Waals surface area contributed by atoms with Crippen molar-refractivity contribution in [1.29, 1.82) is 0 Å². The highest BCUT2D eigenvalue weighted by atomic mass is 32.2. The molecule has 1 aliphatic heterocycles. The quantitative estimate of drug-likeness (QED) is 0.920. The second-order valence-electron chi connectivity index (χ2n) is 6.74. The number of Topliss-reactive ketones (excluding diaryl/α,β-unsaturated/α-hetero) is 1. The number of hydrogen-bond acceptors (Lipinski definition) is 4. The summed E-state index contributed by atoms with van der Waals surface area (Å²) in [5.41, 5.74) is 2.07. The minimum Gasteiger partial charge on any atom is -0.356 e. The highest BCUT2D eigenvalue weighted by molar-refractivity contribution is 8.00. The van der Waals surface area contributed by atoms with Crippen molar-refractivity contribution in [2.24, 2.45) is 5.92 Å². The number of nitrogens with one attached hydrogen (secondary N) is 1. The number of rotatable bonds is 4. The number of fused-ring (bicyclic) bond motifs is 1. The Morgan fingerprint density at radius 3 is 2.91 bits per heavy atom. The molecule has 1 aromatic rings. The Morgan fingerprint density at radius 2 is 2.13 bits per heavy atom. The number of nitrogens with zero attached hydrogens (tertiary/aromatic N) is 1. The lowest BCUT2D eigenvalue weighted by Crippen LogP contribution is -2.35. The van der Waals surface area contributed by atoms with E-state index >= 15 is 0 Å². The van der Waals surface area contributed by atoms with Crippen molar-refractivity contribution in [3.63, 3.8) is 0 Å². The molecule has 1 atom stereocenters. The molecule has 1 unspecified atom stereocenters. The van der Waals surface area contributed by atoms with Crippen molar-refractivity contribution in [2.45, 2.75) is 62.1 Å². The van der Waals surface area contributed by atoms with Crippen molar-refractivity contribution >= 4 is 23.5 Å². The van der Waals surface area contributed by atoms with Crippen LogP contribution in [-0.2, 0) is 16.0 Å². The summed E-state index contributed by atoms with van der Waals surface area (Å²) in [6.45, 7) is 2.74. The molecule has 1 saturated carbocycles. The van der Waals surface area contributed by atoms with Crippen molar-refractivity contribution in [2.75, 3.05) is 6.54 Å². The molecule has 0 radical (unpaired) electrons. The first-order valence-corrected chi connectivity index (χ1v) is 9.41. The number of carbonyl (C=O) groups is 2. The molecule has 23 heavy (non-hydrogen) atoms. The van der Waals surface area contributed by atoms with Gasteiger partial charge in [0.1, 0.15) is 5.03 Å². The van der Waals surface area contributed by atoms with Gasteiger partial charge in [0.2, 0.25) is 5.91 Å². The fourth-order valence-electron chi connectivity index (χ4n) is 3.40. The summed E-state index contributed by atoms with van der Waals surface area (Å²) in [5.74, 6) is 0.757. The third-order valence-electron chi connectivity index (χ3n) is 4.72. The Kier molecular flexibility index (Phi) is 5.36. The molecule has 2 aliphatic rings. The molecule has 4 nitrogen and oxygen atoms in total. The molecule has 3 rings (SSSR count). The van der Waals surface area contributed by atoms with Crippen LogP contribution in [0.5, 0.6) is 0 Å². The van der Waals surface area contributed by atoms with Gasteiger partial charge in [-0.25, -0.2) is 4.98 Å². The standard InChI is InChI=1S/C18H24N2O2S/c1-12-7-14-8-15(21)16(23-18(14)20-10-12)9-17(22)19-11-13-5-3-2-4-6-13/h7,10,13,16H,2-6,8-9,11H2,1H3,(H,19,22). The van der Waals surface area contributed by atoms with Crippen LogP contribution in [0.2, 0.25) is 0 Å². The summed E-state index contributed by atoms with van der Waals surface area (Å²) in [6.07, 6.45) is 8.80. The van der Waals surface area contributed by atoms with Gasteiger partial charge in [0, 0.05) is 25.6 Å². The van der Waals surface area contributed by atoms with Crippen LogP contribution in [0.4, 0.5) is 0 Å². The Bertz CT molecular complexity index is 597. The zero-order chi connectivity index (χ0) is 16.2. The van der Waals surface area contributed by atoms with E-state index in [1.54, 1.807) is 0 Å². The number of thioether (sulfide) groups is 1. The van der Waals surface area contributed by atoms with Gasteiger partial charge >= 0.3 is 0 Å². The number of pyridine rings is 1. The molecule has 2 heterocycles. The zero-order valence-electron chi connectivity index (χ0n) is 13.6. The number of aromatic nitrogens is 1. The molecule has 0 saturated heterocycles. The van der Waals surface area contributed by atoms with Gasteiger partial charge in [-0.3, -0.25) is 9.59 Å². The van der Waals surface area contributed by atoms with E-state index in [9.17, 15) is 9.59 Å². The van der Waals surface area contributed by atoms with Crippen molar-refractivity contribution in [1.82, 2.24) is 10.3 Å². The molecule has 124 valence electrons. The lowest BCUT2D eigenvalue weighted by atomic mass is 9.89. The fraction of sp³-hybridized carbons (Fsp3) is 0.611. The van der Waals surface area contributed by atoms with Crippen LogP contribution in [0.3, 0.4) is 0 Å². The predicted molar refractivity (Wildman–Crippen MR) is 91.5 cm³/mol. The zero-order valence-corrected chi connectivity index (χ0v) is 14.5. The van der Waals surface area contributed by atoms with Crippen molar-refractivity contribution < 1.29 is 9.59 Å². The monoisotopic (exact) mass is 332 g/mol. The maximum absolute atomic E-state index is 12.3. The Labute approximate surface area is 141 Å². The van der Waals surface area contributed by atoms with E-state index in [0.717, 1.165) is 22.7 Å². The maximum Gasteiger partial charge on any atom is 0.221 e. The lowest BCUT2D eigenvalue weighted by Gasteiger charge is -2.24. The third-order valence-corrected chi connectivity index (χ3v) is 6.03. The molecular formula is C18H24N2O2S. The number of ketones is 1. The maximum atomic E-state index is 12.3. The molecule has 0 aromatic carbocycles. The average Bonchev–Trinajstić information content (AvgIpc) is 2.55. The number of carbonyl (C=O) groups excluding carboxylic acids is 2. The SMILES string of the molecule is Cc1cnc2c(c1)CC(=O)C(CC(=O)NCC1CCCCC1)S2. The van der Waals surface area contributed by atoms with E-state index in [1.165, 1.54) is 43.9 Å². The summed E-state index contributed by atoms with van der Waals surface area (Å²) in [6, 6.07) is 2.02. The Morgan fingerprint density at radius 1 is 1.35 bits per heavy atom. The van der Waals surface area contributed by atoms with Gasteiger partial charge in [-0.15, -0.1) is 0 Å². The van der Waals surface area contributed by atoms with E-state index in [0.29, 0.717) is 12.3 Å². The van der Waals surface area contributed by atoms with Crippen LogP contribution < -0.4 is 5.32 Å². The first-order chi connectivity index (χ1) is 11.1. The molecule has 1 N–H and O–H groups in total. The highest BCUT2D eigenvalue weighted by Gasteiger charge is 2.30. The topological polar surface area (TPSA) is 59.1 Å². The first-order valence-electron chi connectivity index (χ1n) is 8.53.